The molecule has 0 unspecified atom stereocenters. The minimum absolute atomic E-state index is 0. The van der Waals surface area contributed by atoms with E-state index in [1.54, 1.807) is 0 Å². The number of hydrogen-bond donors (Lipinski definition) is 0. The van der Waals surface area contributed by atoms with Crippen LogP contribution in [0.4, 0.5) is 0 Å². The molecule has 0 amide bonds. The largest absolute Gasteiger partial charge is 1.00 e. The SMILES string of the molecule is [H-].[H-].[H-].[H-].[H-].[K+].[Li+].[Na+].[Na+].[Na+]. The fraction of sp³-hybridized carbons (Fsp3) is 0. The van der Waals surface area contributed by atoms with E-state index >= 15 is 0 Å². The Kier molecular flexibility index (Phi) is 146. The fourth-order valence-corrected chi connectivity index (χ4v) is 0. The smallest absolute Gasteiger partial charge is 1.00 e. The summed E-state index contributed by atoms with van der Waals surface area (Å²) < 4.78 is 0. The van der Waals surface area contributed by atoms with Crippen LogP contribution in [0.5, 0.6) is 0 Å². The molecule has 5 heavy (non-hydrogen) atoms. The molecule has 0 aromatic heterocycles. The average molecular weight is 120 g/mol. The molecule has 0 saturated carbocycles. The summed E-state index contributed by atoms with van der Waals surface area (Å²) in [5.74, 6) is 0. The minimum Gasteiger partial charge on any atom is -1.00 e. The predicted molar refractivity (Wildman–Crippen MR) is 5.56 cm³/mol. The summed E-state index contributed by atoms with van der Waals surface area (Å²) in [6, 6.07) is 0. The van der Waals surface area contributed by atoms with Crippen molar-refractivity contribution in [3.05, 3.63) is 0 Å². The third-order valence-electron chi connectivity index (χ3n) is 0. The molecule has 0 bridgehead atoms. The van der Waals surface area contributed by atoms with E-state index in [0.29, 0.717) is 0 Å². The fourth-order valence-electron chi connectivity index (χ4n) is 0. The first-order chi connectivity index (χ1) is 0. The van der Waals surface area contributed by atoms with Crippen LogP contribution >= 0.6 is 0 Å². The zero-order valence-electron chi connectivity index (χ0n) is 10.0. The third kappa shape index (κ3) is 17.6. The predicted octanol–water partition coefficient (Wildman–Crippen LogP) is -14.4. The summed E-state index contributed by atoms with van der Waals surface area (Å²) >= 11 is 0. The van der Waals surface area contributed by atoms with Crippen molar-refractivity contribution in [3.8, 4) is 0 Å². The molecule has 0 radical (unpaired) electrons. The van der Waals surface area contributed by atoms with Crippen molar-refractivity contribution < 1.29 is 166 Å². The van der Waals surface area contributed by atoms with Gasteiger partial charge in [-0.15, -0.1) is 0 Å². The Bertz CT molecular complexity index is 16.9. The second kappa shape index (κ2) is 22.9. The molecule has 0 rings (SSSR count). The molecule has 10 valence electrons. The zero-order valence-corrected chi connectivity index (χ0v) is 14.1. The molecule has 0 aliphatic carbocycles. The molecule has 5 heteroatoms. The molecule has 0 saturated heterocycles. The van der Waals surface area contributed by atoms with E-state index in [4.69, 9.17) is 0 Å². The maximum absolute atomic E-state index is 0. The number of rotatable bonds is 0. The second-order valence-corrected chi connectivity index (χ2v) is 0. The van der Waals surface area contributed by atoms with E-state index < -0.39 is 0 Å². The Balaban J connectivity index is 0. The second-order valence-electron chi connectivity index (χ2n) is 0. The zero-order chi connectivity index (χ0) is 0. The van der Waals surface area contributed by atoms with E-state index in [1.165, 1.54) is 0 Å². The maximum atomic E-state index is 0. The quantitative estimate of drug-likeness (QED) is 0.278. The van der Waals surface area contributed by atoms with Crippen LogP contribution in [0, 0.1) is 0 Å². The molecule has 0 atom stereocenters. The Labute approximate surface area is 161 Å². The van der Waals surface area contributed by atoms with Crippen molar-refractivity contribution in [2.45, 2.75) is 0 Å². The molecule has 0 aromatic rings. The summed E-state index contributed by atoms with van der Waals surface area (Å²) in [6.45, 7) is 0. The van der Waals surface area contributed by atoms with Crippen LogP contribution in [0.2, 0.25) is 0 Å². The van der Waals surface area contributed by atoms with Gasteiger partial charge in [-0.3, -0.25) is 0 Å². The van der Waals surface area contributed by atoms with Gasteiger partial charge in [0.1, 0.15) is 0 Å². The first kappa shape index (κ1) is 31.9. The first-order valence-corrected chi connectivity index (χ1v) is 0. The normalized spacial score (nSPS) is 0. The van der Waals surface area contributed by atoms with Crippen LogP contribution in [-0.2, 0) is 0 Å². The van der Waals surface area contributed by atoms with Gasteiger partial charge in [-0.05, 0) is 0 Å². The van der Waals surface area contributed by atoms with Gasteiger partial charge in [0.25, 0.3) is 0 Å². The Morgan fingerprint density at radius 1 is 0.800 bits per heavy atom. The summed E-state index contributed by atoms with van der Waals surface area (Å²) in [7, 11) is 0. The Morgan fingerprint density at radius 3 is 0.800 bits per heavy atom. The maximum Gasteiger partial charge on any atom is 1.00 e. The van der Waals surface area contributed by atoms with Crippen molar-refractivity contribution in [2.75, 3.05) is 0 Å². The van der Waals surface area contributed by atoms with Gasteiger partial charge < -0.3 is 7.13 Å². The summed E-state index contributed by atoms with van der Waals surface area (Å²) in [6.07, 6.45) is 0. The minimum atomic E-state index is 0. The van der Waals surface area contributed by atoms with E-state index in [0.717, 1.165) is 0 Å². The van der Waals surface area contributed by atoms with Gasteiger partial charge in [-0.2, -0.15) is 0 Å². The van der Waals surface area contributed by atoms with E-state index in [1.807, 2.05) is 0 Å². The van der Waals surface area contributed by atoms with Crippen LogP contribution in [0.3, 0.4) is 0 Å². The first-order valence-electron chi connectivity index (χ1n) is 0. The van der Waals surface area contributed by atoms with Crippen molar-refractivity contribution in [3.63, 3.8) is 0 Å². The van der Waals surface area contributed by atoms with E-state index in [9.17, 15) is 0 Å². The molecule has 0 spiro atoms. The molecule has 0 aliphatic rings. The molecule has 0 aromatic carbocycles. The molecule has 0 fully saturated rings. The standard InChI is InChI=1S/K.Li.3Na.5H/q5*+1;5*-1. The van der Waals surface area contributed by atoms with Gasteiger partial charge in [-0.1, -0.05) is 0 Å². The summed E-state index contributed by atoms with van der Waals surface area (Å²) in [4.78, 5) is 0. The van der Waals surface area contributed by atoms with Gasteiger partial charge >= 0.3 is 159 Å². The molecular formula is H5KLiNa3. The Morgan fingerprint density at radius 2 is 0.800 bits per heavy atom. The van der Waals surface area contributed by atoms with Crippen LogP contribution < -0.4 is 159 Å². The van der Waals surface area contributed by atoms with E-state index in [2.05, 4.69) is 0 Å². The molecular weight excluding hydrogens is 115 g/mol. The number of hydrogen-bond acceptors (Lipinski definition) is 0. The molecule has 0 N–H and O–H groups in total. The van der Waals surface area contributed by atoms with Crippen LogP contribution in [0.25, 0.3) is 0 Å². The average Bonchev–Trinajstić information content (AvgIpc) is 0. The Hall–Kier alpha value is 5.23. The van der Waals surface area contributed by atoms with Gasteiger partial charge in [0.05, 0.1) is 0 Å². The summed E-state index contributed by atoms with van der Waals surface area (Å²) in [5, 5.41) is 0. The molecule has 0 aliphatic heterocycles. The summed E-state index contributed by atoms with van der Waals surface area (Å²) in [5.41, 5.74) is 0. The van der Waals surface area contributed by atoms with Gasteiger partial charge in [0.2, 0.25) is 0 Å². The van der Waals surface area contributed by atoms with Crippen LogP contribution in [0.15, 0.2) is 0 Å². The monoisotopic (exact) mass is 120 g/mol. The van der Waals surface area contributed by atoms with Crippen molar-refractivity contribution in [1.29, 1.82) is 0 Å². The van der Waals surface area contributed by atoms with Crippen molar-refractivity contribution in [2.24, 2.45) is 0 Å². The van der Waals surface area contributed by atoms with Crippen molar-refractivity contribution >= 4 is 0 Å². The van der Waals surface area contributed by atoms with Gasteiger partial charge in [0.15, 0.2) is 0 Å². The van der Waals surface area contributed by atoms with E-state index in [-0.39, 0.29) is 166 Å². The molecule has 0 nitrogen and oxygen atoms in total. The van der Waals surface area contributed by atoms with Crippen molar-refractivity contribution in [1.82, 2.24) is 0 Å². The van der Waals surface area contributed by atoms with Crippen LogP contribution in [-0.4, -0.2) is 0 Å². The topological polar surface area (TPSA) is 0 Å². The van der Waals surface area contributed by atoms with Gasteiger partial charge in [0, 0.05) is 0 Å². The molecule has 0 heterocycles. The van der Waals surface area contributed by atoms with Gasteiger partial charge in [-0.25, -0.2) is 0 Å². The van der Waals surface area contributed by atoms with Crippen LogP contribution in [0.1, 0.15) is 7.13 Å². The third-order valence-corrected chi connectivity index (χ3v) is 0.